The molecule has 1 aliphatic carbocycles. The van der Waals surface area contributed by atoms with E-state index in [4.69, 9.17) is 10.5 Å². The molecule has 0 amide bonds. The summed E-state index contributed by atoms with van der Waals surface area (Å²) in [6, 6.07) is 8.33. The minimum atomic E-state index is -0.108. The molecule has 2 rings (SSSR count). The van der Waals surface area contributed by atoms with E-state index in [9.17, 15) is 0 Å². The highest BCUT2D eigenvalue weighted by Gasteiger charge is 2.33. The predicted molar refractivity (Wildman–Crippen MR) is 71.3 cm³/mol. The Kier molecular flexibility index (Phi) is 4.06. The lowest BCUT2D eigenvalue weighted by Gasteiger charge is -2.37. The monoisotopic (exact) mass is 233 g/mol. The molecule has 1 aliphatic rings. The van der Waals surface area contributed by atoms with Gasteiger partial charge in [0.1, 0.15) is 11.4 Å². The van der Waals surface area contributed by atoms with Crippen molar-refractivity contribution in [2.45, 2.75) is 51.0 Å². The van der Waals surface area contributed by atoms with Crippen LogP contribution in [-0.4, -0.2) is 12.1 Å². The van der Waals surface area contributed by atoms with Gasteiger partial charge in [-0.2, -0.15) is 0 Å². The van der Waals surface area contributed by atoms with Gasteiger partial charge in [-0.3, -0.25) is 0 Å². The maximum atomic E-state index is 6.29. The second-order valence-corrected chi connectivity index (χ2v) is 5.01. The predicted octanol–water partition coefficient (Wildman–Crippen LogP) is 3.29. The van der Waals surface area contributed by atoms with Crippen LogP contribution < -0.4 is 10.5 Å². The first kappa shape index (κ1) is 12.4. The lowest BCUT2D eigenvalue weighted by Crippen LogP contribution is -2.45. The Balaban J connectivity index is 2.17. The zero-order valence-electron chi connectivity index (χ0n) is 10.7. The van der Waals surface area contributed by atoms with E-state index < -0.39 is 0 Å². The first-order valence-electron chi connectivity index (χ1n) is 6.77. The molecular formula is C15H23NO. The number of hydrogen-bond acceptors (Lipinski definition) is 2. The molecule has 0 unspecified atom stereocenters. The number of aryl methyl sites for hydroxylation is 1. The maximum Gasteiger partial charge on any atom is 0.123 e. The summed E-state index contributed by atoms with van der Waals surface area (Å²) < 4.78 is 6.29. The van der Waals surface area contributed by atoms with E-state index in [0.717, 1.165) is 25.0 Å². The van der Waals surface area contributed by atoms with Crippen LogP contribution in [0.15, 0.2) is 24.3 Å². The third kappa shape index (κ3) is 2.81. The van der Waals surface area contributed by atoms with Gasteiger partial charge in [0.25, 0.3) is 0 Å². The smallest absolute Gasteiger partial charge is 0.123 e. The van der Waals surface area contributed by atoms with Gasteiger partial charge in [0, 0.05) is 6.54 Å². The van der Waals surface area contributed by atoms with Crippen LogP contribution in [0.5, 0.6) is 5.75 Å². The van der Waals surface area contributed by atoms with Gasteiger partial charge >= 0.3 is 0 Å². The van der Waals surface area contributed by atoms with Crippen LogP contribution in [0, 0.1) is 0 Å². The average Bonchev–Trinajstić information content (AvgIpc) is 2.40. The number of rotatable bonds is 4. The Morgan fingerprint density at radius 3 is 2.53 bits per heavy atom. The summed E-state index contributed by atoms with van der Waals surface area (Å²) in [6.45, 7) is 2.79. The summed E-state index contributed by atoms with van der Waals surface area (Å²) in [5, 5.41) is 0. The van der Waals surface area contributed by atoms with Crippen molar-refractivity contribution in [3.63, 3.8) is 0 Å². The molecule has 94 valence electrons. The number of ether oxygens (including phenoxy) is 1. The second kappa shape index (κ2) is 5.54. The fourth-order valence-corrected chi connectivity index (χ4v) is 2.67. The van der Waals surface area contributed by atoms with Crippen LogP contribution in [0.3, 0.4) is 0 Å². The normalized spacial score (nSPS) is 18.9. The molecule has 0 radical (unpaired) electrons. The molecule has 2 heteroatoms. The highest BCUT2D eigenvalue weighted by molar-refractivity contribution is 5.33. The maximum absolute atomic E-state index is 6.29. The van der Waals surface area contributed by atoms with Crippen LogP contribution in [0.2, 0.25) is 0 Å². The van der Waals surface area contributed by atoms with Crippen molar-refractivity contribution < 1.29 is 4.74 Å². The van der Waals surface area contributed by atoms with Gasteiger partial charge in [-0.25, -0.2) is 0 Å². The van der Waals surface area contributed by atoms with Crippen molar-refractivity contribution in [2.24, 2.45) is 5.73 Å². The first-order chi connectivity index (χ1) is 8.29. The van der Waals surface area contributed by atoms with E-state index in [1.807, 2.05) is 6.07 Å². The van der Waals surface area contributed by atoms with Crippen LogP contribution >= 0.6 is 0 Å². The fourth-order valence-electron chi connectivity index (χ4n) is 2.67. The Labute approximate surface area is 104 Å². The quantitative estimate of drug-likeness (QED) is 0.866. The molecule has 1 aromatic rings. The average molecular weight is 233 g/mol. The van der Waals surface area contributed by atoms with Crippen LogP contribution in [0.25, 0.3) is 0 Å². The van der Waals surface area contributed by atoms with Crippen molar-refractivity contribution in [2.75, 3.05) is 6.54 Å². The molecule has 0 spiro atoms. The van der Waals surface area contributed by atoms with Gasteiger partial charge in [-0.15, -0.1) is 0 Å². The SMILES string of the molecule is CCc1ccccc1OC1(CN)CCCCC1. The number of benzene rings is 1. The molecule has 0 heterocycles. The van der Waals surface area contributed by atoms with Crippen molar-refractivity contribution in [3.8, 4) is 5.75 Å². The first-order valence-corrected chi connectivity index (χ1v) is 6.77. The molecule has 0 atom stereocenters. The molecule has 0 saturated heterocycles. The molecule has 0 aliphatic heterocycles. The van der Waals surface area contributed by atoms with Gasteiger partial charge < -0.3 is 10.5 Å². The lowest BCUT2D eigenvalue weighted by molar-refractivity contribution is 0.0378. The zero-order chi connectivity index (χ0) is 12.1. The Morgan fingerprint density at radius 2 is 1.88 bits per heavy atom. The number of para-hydroxylation sites is 1. The molecule has 2 nitrogen and oxygen atoms in total. The van der Waals surface area contributed by atoms with E-state index in [1.54, 1.807) is 0 Å². The van der Waals surface area contributed by atoms with E-state index in [0.29, 0.717) is 6.54 Å². The third-order valence-electron chi connectivity index (χ3n) is 3.82. The number of hydrogen-bond donors (Lipinski definition) is 1. The van der Waals surface area contributed by atoms with Gasteiger partial charge in [-0.05, 0) is 43.7 Å². The Hall–Kier alpha value is -1.02. The molecule has 1 aromatic carbocycles. The van der Waals surface area contributed by atoms with Crippen LogP contribution in [-0.2, 0) is 6.42 Å². The largest absolute Gasteiger partial charge is 0.486 e. The molecule has 17 heavy (non-hydrogen) atoms. The van der Waals surface area contributed by atoms with Crippen molar-refractivity contribution in [1.82, 2.24) is 0 Å². The van der Waals surface area contributed by atoms with Crippen molar-refractivity contribution >= 4 is 0 Å². The van der Waals surface area contributed by atoms with Gasteiger partial charge in [-0.1, -0.05) is 31.5 Å². The van der Waals surface area contributed by atoms with Gasteiger partial charge in [0.15, 0.2) is 0 Å². The van der Waals surface area contributed by atoms with E-state index in [2.05, 4.69) is 25.1 Å². The van der Waals surface area contributed by atoms with E-state index in [1.165, 1.54) is 24.8 Å². The Bertz CT molecular complexity index is 356. The highest BCUT2D eigenvalue weighted by Crippen LogP contribution is 2.33. The highest BCUT2D eigenvalue weighted by atomic mass is 16.5. The molecule has 0 bridgehead atoms. The summed E-state index contributed by atoms with van der Waals surface area (Å²) in [6.07, 6.45) is 7.01. The summed E-state index contributed by atoms with van der Waals surface area (Å²) in [7, 11) is 0. The molecule has 1 saturated carbocycles. The minimum absolute atomic E-state index is 0.108. The standard InChI is InChI=1S/C15H23NO/c1-2-13-8-4-5-9-14(13)17-15(12-16)10-6-3-7-11-15/h4-5,8-9H,2-3,6-7,10-12,16H2,1H3. The third-order valence-corrected chi connectivity index (χ3v) is 3.82. The van der Waals surface area contributed by atoms with Gasteiger partial charge in [0.05, 0.1) is 0 Å². The minimum Gasteiger partial charge on any atom is -0.486 e. The summed E-state index contributed by atoms with van der Waals surface area (Å²) in [5.41, 5.74) is 7.13. The number of nitrogens with two attached hydrogens (primary N) is 1. The lowest BCUT2D eigenvalue weighted by atomic mass is 9.84. The molecule has 1 fully saturated rings. The van der Waals surface area contributed by atoms with Crippen molar-refractivity contribution in [1.29, 1.82) is 0 Å². The summed E-state index contributed by atoms with van der Waals surface area (Å²) in [5.74, 6) is 1.03. The molecular weight excluding hydrogens is 210 g/mol. The molecule has 0 aromatic heterocycles. The van der Waals surface area contributed by atoms with Crippen LogP contribution in [0.4, 0.5) is 0 Å². The Morgan fingerprint density at radius 1 is 1.18 bits per heavy atom. The van der Waals surface area contributed by atoms with Gasteiger partial charge in [0.2, 0.25) is 0 Å². The van der Waals surface area contributed by atoms with E-state index >= 15 is 0 Å². The van der Waals surface area contributed by atoms with Crippen molar-refractivity contribution in [3.05, 3.63) is 29.8 Å². The zero-order valence-corrected chi connectivity index (χ0v) is 10.7. The summed E-state index contributed by atoms with van der Waals surface area (Å²) in [4.78, 5) is 0. The van der Waals surface area contributed by atoms with E-state index in [-0.39, 0.29) is 5.60 Å². The molecule has 2 N–H and O–H groups in total. The topological polar surface area (TPSA) is 35.2 Å². The fraction of sp³-hybridized carbons (Fsp3) is 0.600. The van der Waals surface area contributed by atoms with Crippen LogP contribution in [0.1, 0.15) is 44.6 Å². The second-order valence-electron chi connectivity index (χ2n) is 5.01. The summed E-state index contributed by atoms with van der Waals surface area (Å²) >= 11 is 0.